The summed E-state index contributed by atoms with van der Waals surface area (Å²) in [7, 11) is 0. The molecule has 0 aliphatic carbocycles. The fourth-order valence-electron chi connectivity index (χ4n) is 2.15. The third-order valence-corrected chi connectivity index (χ3v) is 3.59. The van der Waals surface area contributed by atoms with E-state index in [1.165, 1.54) is 0 Å². The number of aromatic nitrogens is 1. The zero-order chi connectivity index (χ0) is 16.9. The minimum Gasteiger partial charge on any atom is -0.354 e. The lowest BCUT2D eigenvalue weighted by Crippen LogP contribution is -2.17. The maximum atomic E-state index is 12.0. The number of halogens is 1. The van der Waals surface area contributed by atoms with Crippen LogP contribution in [0.1, 0.15) is 12.8 Å². The second-order valence-electron chi connectivity index (χ2n) is 5.13. The van der Waals surface area contributed by atoms with Crippen LogP contribution in [0.25, 0.3) is 11.0 Å². The van der Waals surface area contributed by atoms with E-state index in [4.69, 9.17) is 16.1 Å². The summed E-state index contributed by atoms with van der Waals surface area (Å²) in [6.45, 7) is 0. The highest BCUT2D eigenvalue weighted by Gasteiger charge is 2.12. The van der Waals surface area contributed by atoms with Crippen LogP contribution in [0.5, 0.6) is 0 Å². The number of anilines is 2. The molecule has 6 nitrogen and oxygen atoms in total. The van der Waals surface area contributed by atoms with E-state index < -0.39 is 0 Å². The molecular formula is C17H14ClN3O3. The van der Waals surface area contributed by atoms with Crippen LogP contribution in [0.3, 0.4) is 0 Å². The van der Waals surface area contributed by atoms with Gasteiger partial charge in [-0.1, -0.05) is 28.9 Å². The van der Waals surface area contributed by atoms with Crippen LogP contribution in [0, 0.1) is 0 Å². The Morgan fingerprint density at radius 3 is 2.38 bits per heavy atom. The molecule has 0 aliphatic rings. The molecule has 0 unspecified atom stereocenters. The third kappa shape index (κ3) is 3.91. The molecule has 0 fully saturated rings. The van der Waals surface area contributed by atoms with Crippen molar-refractivity contribution in [2.45, 2.75) is 12.8 Å². The second kappa shape index (κ2) is 7.14. The first-order valence-corrected chi connectivity index (χ1v) is 7.69. The first-order chi connectivity index (χ1) is 11.6. The van der Waals surface area contributed by atoms with Gasteiger partial charge in [-0.2, -0.15) is 0 Å². The van der Waals surface area contributed by atoms with Crippen LogP contribution >= 0.6 is 11.6 Å². The number of benzene rings is 2. The largest absolute Gasteiger partial charge is 0.354 e. The fraction of sp³-hybridized carbons (Fsp3) is 0.118. The van der Waals surface area contributed by atoms with Gasteiger partial charge in [0.25, 0.3) is 0 Å². The molecule has 0 saturated heterocycles. The molecule has 0 radical (unpaired) electrons. The Morgan fingerprint density at radius 2 is 1.62 bits per heavy atom. The van der Waals surface area contributed by atoms with Crippen LogP contribution in [0.2, 0.25) is 5.02 Å². The molecule has 122 valence electrons. The highest BCUT2D eigenvalue weighted by atomic mass is 35.5. The predicted molar refractivity (Wildman–Crippen MR) is 92.0 cm³/mol. The maximum Gasteiger partial charge on any atom is 0.226 e. The van der Waals surface area contributed by atoms with Crippen LogP contribution in [0.4, 0.5) is 11.5 Å². The van der Waals surface area contributed by atoms with E-state index in [2.05, 4.69) is 15.8 Å². The van der Waals surface area contributed by atoms with Crippen LogP contribution in [0.15, 0.2) is 53.1 Å². The van der Waals surface area contributed by atoms with Gasteiger partial charge in [0.2, 0.25) is 11.8 Å². The monoisotopic (exact) mass is 343 g/mol. The lowest BCUT2D eigenvalue weighted by molar-refractivity contribution is -0.121. The third-order valence-electron chi connectivity index (χ3n) is 3.34. The molecule has 24 heavy (non-hydrogen) atoms. The van der Waals surface area contributed by atoms with Gasteiger partial charge in [-0.15, -0.1) is 0 Å². The van der Waals surface area contributed by atoms with E-state index in [1.807, 2.05) is 12.1 Å². The van der Waals surface area contributed by atoms with Gasteiger partial charge in [0.15, 0.2) is 11.4 Å². The Labute approximate surface area is 142 Å². The van der Waals surface area contributed by atoms with Gasteiger partial charge in [0, 0.05) is 23.6 Å². The Bertz CT molecular complexity index is 874. The summed E-state index contributed by atoms with van der Waals surface area (Å²) in [6.07, 6.45) is 0.102. The Hall–Kier alpha value is -2.86. The molecule has 1 aromatic heterocycles. The lowest BCUT2D eigenvalue weighted by Gasteiger charge is -2.05. The van der Waals surface area contributed by atoms with Gasteiger partial charge in [0.1, 0.15) is 0 Å². The van der Waals surface area contributed by atoms with Crippen LogP contribution in [-0.2, 0) is 9.59 Å². The summed E-state index contributed by atoms with van der Waals surface area (Å²) >= 11 is 5.78. The van der Waals surface area contributed by atoms with Crippen molar-refractivity contribution in [2.75, 3.05) is 10.6 Å². The molecule has 2 amide bonds. The number of amides is 2. The molecule has 2 N–H and O–H groups in total. The Morgan fingerprint density at radius 1 is 0.958 bits per heavy atom. The van der Waals surface area contributed by atoms with Gasteiger partial charge in [-0.3, -0.25) is 9.59 Å². The van der Waals surface area contributed by atoms with Crippen molar-refractivity contribution in [1.29, 1.82) is 0 Å². The number of para-hydroxylation sites is 1. The number of nitrogens with one attached hydrogen (secondary N) is 2. The number of carbonyl (C=O) groups excluding carboxylic acids is 2. The maximum absolute atomic E-state index is 12.0. The van der Waals surface area contributed by atoms with Gasteiger partial charge < -0.3 is 15.2 Å². The van der Waals surface area contributed by atoms with Crippen molar-refractivity contribution in [2.24, 2.45) is 0 Å². The van der Waals surface area contributed by atoms with Gasteiger partial charge >= 0.3 is 0 Å². The van der Waals surface area contributed by atoms with E-state index in [9.17, 15) is 9.59 Å². The van der Waals surface area contributed by atoms with E-state index in [-0.39, 0.29) is 24.7 Å². The topological polar surface area (TPSA) is 84.2 Å². The van der Waals surface area contributed by atoms with Gasteiger partial charge in [0.05, 0.1) is 5.39 Å². The number of rotatable bonds is 5. The second-order valence-corrected chi connectivity index (χ2v) is 5.57. The number of fused-ring (bicyclic) bond motifs is 1. The number of nitrogens with zero attached hydrogens (tertiary/aromatic N) is 1. The summed E-state index contributed by atoms with van der Waals surface area (Å²) in [5, 5.41) is 10.5. The van der Waals surface area contributed by atoms with Crippen molar-refractivity contribution in [3.63, 3.8) is 0 Å². The Kier molecular flexibility index (Phi) is 4.77. The molecule has 3 aromatic rings. The molecule has 2 aromatic carbocycles. The quantitative estimate of drug-likeness (QED) is 0.737. The number of hydrogen-bond acceptors (Lipinski definition) is 4. The smallest absolute Gasteiger partial charge is 0.226 e. The highest BCUT2D eigenvalue weighted by Crippen LogP contribution is 2.22. The van der Waals surface area contributed by atoms with Crippen LogP contribution in [-0.4, -0.2) is 17.0 Å². The van der Waals surface area contributed by atoms with Gasteiger partial charge in [-0.25, -0.2) is 0 Å². The standard InChI is InChI=1S/C17H14ClN3O3/c18-11-5-7-12(8-6-11)19-15(22)9-10-16(23)20-17-13-3-1-2-4-14(13)24-21-17/h1-8H,9-10H2,(H,19,22)(H,20,21,23). The minimum absolute atomic E-state index is 0.0423. The summed E-state index contributed by atoms with van der Waals surface area (Å²) in [4.78, 5) is 23.8. The predicted octanol–water partition coefficient (Wildman–Crippen LogP) is 3.84. The molecule has 0 bridgehead atoms. The zero-order valence-corrected chi connectivity index (χ0v) is 13.3. The van der Waals surface area contributed by atoms with E-state index >= 15 is 0 Å². The molecule has 7 heteroatoms. The van der Waals surface area contributed by atoms with Crippen molar-refractivity contribution in [3.8, 4) is 0 Å². The fourth-order valence-corrected chi connectivity index (χ4v) is 2.28. The molecule has 0 saturated carbocycles. The summed E-state index contributed by atoms with van der Waals surface area (Å²) < 4.78 is 5.11. The first-order valence-electron chi connectivity index (χ1n) is 7.31. The van der Waals surface area contributed by atoms with Gasteiger partial charge in [-0.05, 0) is 36.4 Å². The summed E-state index contributed by atoms with van der Waals surface area (Å²) in [5.41, 5.74) is 1.22. The van der Waals surface area contributed by atoms with Crippen molar-refractivity contribution in [1.82, 2.24) is 5.16 Å². The molecule has 0 spiro atoms. The molecule has 0 atom stereocenters. The minimum atomic E-state index is -0.305. The molecule has 0 aliphatic heterocycles. The summed E-state index contributed by atoms with van der Waals surface area (Å²) in [6, 6.07) is 14.0. The average Bonchev–Trinajstić information content (AvgIpc) is 2.98. The molecule has 1 heterocycles. The Balaban J connectivity index is 1.52. The first kappa shape index (κ1) is 16.0. The van der Waals surface area contributed by atoms with E-state index in [1.54, 1.807) is 36.4 Å². The molecular weight excluding hydrogens is 330 g/mol. The van der Waals surface area contributed by atoms with Crippen molar-refractivity contribution in [3.05, 3.63) is 53.6 Å². The van der Waals surface area contributed by atoms with Crippen molar-refractivity contribution < 1.29 is 14.1 Å². The number of carbonyl (C=O) groups is 2. The highest BCUT2D eigenvalue weighted by molar-refractivity contribution is 6.30. The summed E-state index contributed by atoms with van der Waals surface area (Å²) in [5.74, 6) is -0.202. The lowest BCUT2D eigenvalue weighted by atomic mass is 10.2. The van der Waals surface area contributed by atoms with Crippen LogP contribution < -0.4 is 10.6 Å². The zero-order valence-electron chi connectivity index (χ0n) is 12.6. The van der Waals surface area contributed by atoms with Crippen molar-refractivity contribution >= 4 is 45.9 Å². The van der Waals surface area contributed by atoms with E-state index in [0.29, 0.717) is 22.1 Å². The average molecular weight is 344 g/mol. The van der Waals surface area contributed by atoms with E-state index in [0.717, 1.165) is 5.39 Å². The number of hydrogen-bond donors (Lipinski definition) is 2. The SMILES string of the molecule is O=C(CCC(=O)Nc1noc2ccccc12)Nc1ccc(Cl)cc1. The normalized spacial score (nSPS) is 10.5. The molecule has 3 rings (SSSR count).